The molecule has 0 aromatic heterocycles. The Bertz CT molecular complexity index is 528. The predicted molar refractivity (Wildman–Crippen MR) is 87.3 cm³/mol. The van der Waals surface area contributed by atoms with Crippen molar-refractivity contribution in [2.24, 2.45) is 23.7 Å². The minimum absolute atomic E-state index is 0.0675. The minimum atomic E-state index is -0.578. The molecule has 1 heterocycles. The van der Waals surface area contributed by atoms with E-state index in [1.54, 1.807) is 4.90 Å². The van der Waals surface area contributed by atoms with Gasteiger partial charge in [0, 0.05) is 12.6 Å². The van der Waals surface area contributed by atoms with Gasteiger partial charge in [-0.2, -0.15) is 0 Å². The third-order valence-corrected chi connectivity index (χ3v) is 6.05. The fourth-order valence-electron chi connectivity index (χ4n) is 5.08. The van der Waals surface area contributed by atoms with Gasteiger partial charge in [0.2, 0.25) is 0 Å². The Kier molecular flexibility index (Phi) is 3.79. The van der Waals surface area contributed by atoms with Crippen LogP contribution in [0, 0.1) is 23.7 Å². The molecule has 4 aliphatic rings. The number of nitrogens with one attached hydrogen (secondary N) is 1. The van der Waals surface area contributed by atoms with Crippen LogP contribution < -0.4 is 5.32 Å². The SMILES string of the molecule is CC(C)(C)OC(=O)N1CCO[C@@H](C(=O)NC2[C@@H]3[C@H]4CC[C@@H](C4)[C@H]23)C1. The summed E-state index contributed by atoms with van der Waals surface area (Å²) in [6, 6.07) is 0.351. The monoisotopic (exact) mass is 336 g/mol. The van der Waals surface area contributed by atoms with Crippen molar-refractivity contribution in [1.82, 2.24) is 10.2 Å². The number of rotatable bonds is 2. The lowest BCUT2D eigenvalue weighted by Gasteiger charge is -2.33. The van der Waals surface area contributed by atoms with E-state index in [4.69, 9.17) is 9.47 Å². The van der Waals surface area contributed by atoms with Gasteiger partial charge in [-0.1, -0.05) is 0 Å². The molecule has 3 saturated carbocycles. The molecule has 1 aliphatic heterocycles. The van der Waals surface area contributed by atoms with Gasteiger partial charge in [-0.3, -0.25) is 4.79 Å². The quantitative estimate of drug-likeness (QED) is 0.835. The van der Waals surface area contributed by atoms with Gasteiger partial charge in [0.25, 0.3) is 5.91 Å². The molecule has 1 N–H and O–H groups in total. The van der Waals surface area contributed by atoms with E-state index in [0.29, 0.717) is 31.0 Å². The Labute approximate surface area is 143 Å². The molecule has 2 amide bonds. The lowest BCUT2D eigenvalue weighted by molar-refractivity contribution is -0.138. The van der Waals surface area contributed by atoms with Gasteiger partial charge in [0.15, 0.2) is 6.10 Å². The van der Waals surface area contributed by atoms with Crippen LogP contribution in [0.25, 0.3) is 0 Å². The van der Waals surface area contributed by atoms with Crippen molar-refractivity contribution in [3.8, 4) is 0 Å². The Morgan fingerprint density at radius 1 is 1.17 bits per heavy atom. The molecule has 0 aromatic rings. The standard InChI is InChI=1S/C18H28N2O4/c1-18(2,3)24-17(22)20-6-7-23-12(9-20)16(21)19-15-13-10-4-5-11(8-10)14(13)15/h10-15H,4-9H2,1-3H3,(H,19,21)/t10-,11-,12+,13-,14+,15?/m0/s1. The first-order chi connectivity index (χ1) is 11.3. The number of carbonyl (C=O) groups excluding carboxylic acids is 2. The van der Waals surface area contributed by atoms with Gasteiger partial charge in [0.05, 0.1) is 13.2 Å². The second-order valence-corrected chi connectivity index (χ2v) is 8.81. The van der Waals surface area contributed by atoms with Crippen molar-refractivity contribution < 1.29 is 19.1 Å². The van der Waals surface area contributed by atoms with E-state index in [1.807, 2.05) is 20.8 Å². The first-order valence-corrected chi connectivity index (χ1v) is 9.23. The number of hydrogen-bond donors (Lipinski definition) is 1. The summed E-state index contributed by atoms with van der Waals surface area (Å²) in [7, 11) is 0. The van der Waals surface area contributed by atoms with E-state index in [0.717, 1.165) is 11.8 Å². The molecule has 6 atom stereocenters. The zero-order valence-corrected chi connectivity index (χ0v) is 14.8. The zero-order valence-electron chi connectivity index (χ0n) is 14.8. The molecule has 6 heteroatoms. The minimum Gasteiger partial charge on any atom is -0.444 e. The molecule has 134 valence electrons. The topological polar surface area (TPSA) is 67.9 Å². The number of amides is 2. The Hall–Kier alpha value is -1.30. The maximum Gasteiger partial charge on any atom is 0.410 e. The smallest absolute Gasteiger partial charge is 0.410 e. The molecule has 4 fully saturated rings. The lowest BCUT2D eigenvalue weighted by atomic mass is 10.0. The largest absolute Gasteiger partial charge is 0.444 e. The van der Waals surface area contributed by atoms with Gasteiger partial charge in [-0.25, -0.2) is 4.79 Å². The normalized spacial score (nSPS) is 40.2. The van der Waals surface area contributed by atoms with Crippen molar-refractivity contribution in [1.29, 1.82) is 0 Å². The molecule has 6 nitrogen and oxygen atoms in total. The van der Waals surface area contributed by atoms with Crippen molar-refractivity contribution in [2.45, 2.75) is 57.8 Å². The molecule has 4 rings (SSSR count). The van der Waals surface area contributed by atoms with Crippen molar-refractivity contribution in [3.63, 3.8) is 0 Å². The first kappa shape index (κ1) is 16.2. The second kappa shape index (κ2) is 5.61. The average molecular weight is 336 g/mol. The fraction of sp³-hybridized carbons (Fsp3) is 0.889. The average Bonchev–Trinajstić information content (AvgIpc) is 2.91. The summed E-state index contributed by atoms with van der Waals surface area (Å²) in [5, 5.41) is 3.19. The molecule has 0 radical (unpaired) electrons. The molecule has 3 aliphatic carbocycles. The van der Waals surface area contributed by atoms with Crippen molar-refractivity contribution in [3.05, 3.63) is 0 Å². The number of fused-ring (bicyclic) bond motifs is 5. The van der Waals surface area contributed by atoms with Crippen LogP contribution in [0.1, 0.15) is 40.0 Å². The van der Waals surface area contributed by atoms with Gasteiger partial charge < -0.3 is 19.7 Å². The summed E-state index contributed by atoms with van der Waals surface area (Å²) >= 11 is 0. The summed E-state index contributed by atoms with van der Waals surface area (Å²) in [6.07, 6.45) is 3.10. The van der Waals surface area contributed by atoms with Gasteiger partial charge >= 0.3 is 6.09 Å². The van der Waals surface area contributed by atoms with E-state index < -0.39 is 11.7 Å². The molecular formula is C18H28N2O4. The van der Waals surface area contributed by atoms with Crippen LogP contribution in [0.2, 0.25) is 0 Å². The number of hydrogen-bond acceptors (Lipinski definition) is 4. The van der Waals surface area contributed by atoms with E-state index in [2.05, 4.69) is 5.32 Å². The molecular weight excluding hydrogens is 308 g/mol. The Morgan fingerprint density at radius 3 is 2.46 bits per heavy atom. The Morgan fingerprint density at radius 2 is 1.83 bits per heavy atom. The maximum absolute atomic E-state index is 12.6. The fourth-order valence-corrected chi connectivity index (χ4v) is 5.08. The highest BCUT2D eigenvalue weighted by Crippen LogP contribution is 2.65. The van der Waals surface area contributed by atoms with Gasteiger partial charge in [-0.15, -0.1) is 0 Å². The van der Waals surface area contributed by atoms with Crippen LogP contribution >= 0.6 is 0 Å². The highest BCUT2D eigenvalue weighted by Gasteiger charge is 2.65. The highest BCUT2D eigenvalue weighted by atomic mass is 16.6. The number of nitrogens with zero attached hydrogens (tertiary/aromatic N) is 1. The van der Waals surface area contributed by atoms with E-state index in [-0.39, 0.29) is 18.5 Å². The Balaban J connectivity index is 1.30. The third kappa shape index (κ3) is 2.89. The summed E-state index contributed by atoms with van der Waals surface area (Å²) in [6.45, 7) is 6.65. The van der Waals surface area contributed by atoms with Crippen molar-refractivity contribution >= 4 is 12.0 Å². The summed E-state index contributed by atoms with van der Waals surface area (Å²) in [5.74, 6) is 3.00. The molecule has 1 saturated heterocycles. The van der Waals surface area contributed by atoms with Crippen LogP contribution in [-0.4, -0.2) is 54.3 Å². The molecule has 24 heavy (non-hydrogen) atoms. The second-order valence-electron chi connectivity index (χ2n) is 8.81. The summed E-state index contributed by atoms with van der Waals surface area (Å²) in [5.41, 5.74) is -0.530. The van der Waals surface area contributed by atoms with Crippen LogP contribution in [0.4, 0.5) is 4.79 Å². The van der Waals surface area contributed by atoms with Crippen LogP contribution in [0.15, 0.2) is 0 Å². The highest BCUT2D eigenvalue weighted by molar-refractivity contribution is 5.82. The van der Waals surface area contributed by atoms with Crippen LogP contribution in [0.5, 0.6) is 0 Å². The van der Waals surface area contributed by atoms with Gasteiger partial charge in [0.1, 0.15) is 5.60 Å². The number of ether oxygens (including phenoxy) is 2. The van der Waals surface area contributed by atoms with Crippen LogP contribution in [0.3, 0.4) is 0 Å². The lowest BCUT2D eigenvalue weighted by Crippen LogP contribution is -2.53. The summed E-state index contributed by atoms with van der Waals surface area (Å²) < 4.78 is 11.0. The van der Waals surface area contributed by atoms with Gasteiger partial charge in [-0.05, 0) is 63.7 Å². The zero-order chi connectivity index (χ0) is 17.1. The molecule has 0 aromatic carbocycles. The van der Waals surface area contributed by atoms with E-state index in [1.165, 1.54) is 19.3 Å². The number of morpholine rings is 1. The molecule has 1 unspecified atom stereocenters. The predicted octanol–water partition coefficient (Wildman–Crippen LogP) is 1.78. The van der Waals surface area contributed by atoms with E-state index >= 15 is 0 Å². The molecule has 2 bridgehead atoms. The van der Waals surface area contributed by atoms with Crippen LogP contribution in [-0.2, 0) is 14.3 Å². The third-order valence-electron chi connectivity index (χ3n) is 6.05. The van der Waals surface area contributed by atoms with E-state index in [9.17, 15) is 9.59 Å². The molecule has 0 spiro atoms. The van der Waals surface area contributed by atoms with Crippen molar-refractivity contribution in [2.75, 3.05) is 19.7 Å². The first-order valence-electron chi connectivity index (χ1n) is 9.23. The summed E-state index contributed by atoms with van der Waals surface area (Å²) in [4.78, 5) is 26.3. The maximum atomic E-state index is 12.6. The number of carbonyl (C=O) groups is 2.